The first kappa shape index (κ1) is 27.2. The Hall–Kier alpha value is -1.88. The van der Waals surface area contributed by atoms with Crippen molar-refractivity contribution >= 4 is 41.7 Å². The van der Waals surface area contributed by atoms with Gasteiger partial charge >= 0.3 is 0 Å². The third-order valence-corrected chi connectivity index (χ3v) is 5.21. The van der Waals surface area contributed by atoms with Crippen LogP contribution in [-0.2, 0) is 18.7 Å². The van der Waals surface area contributed by atoms with Gasteiger partial charge in [-0.05, 0) is 42.0 Å². The second-order valence-electron chi connectivity index (χ2n) is 6.44. The summed E-state index contributed by atoms with van der Waals surface area (Å²) in [6.45, 7) is 1.21. The highest BCUT2D eigenvalue weighted by molar-refractivity contribution is 14.0. The van der Waals surface area contributed by atoms with Crippen molar-refractivity contribution in [3.05, 3.63) is 52.8 Å². The molecule has 0 atom stereocenters. The van der Waals surface area contributed by atoms with E-state index in [9.17, 15) is 4.39 Å². The van der Waals surface area contributed by atoms with Gasteiger partial charge in [0, 0.05) is 31.5 Å². The second-order valence-corrected chi connectivity index (χ2v) is 7.31. The molecule has 0 amide bonds. The first-order chi connectivity index (χ1) is 14.6. The number of rotatable bonds is 10. The van der Waals surface area contributed by atoms with Crippen LogP contribution in [0.15, 0.2) is 35.3 Å². The quantitative estimate of drug-likeness (QED) is 0.256. The summed E-state index contributed by atoms with van der Waals surface area (Å²) in [5, 5.41) is 6.59. The Kier molecular flexibility index (Phi) is 12.5. The number of nitrogens with zero attached hydrogens (tertiary/aromatic N) is 1. The van der Waals surface area contributed by atoms with E-state index >= 15 is 0 Å². The molecule has 9 heteroatoms. The standard InChI is InChI=1S/C22H30FN3O3S.HI/c1-24-22(26-13-16-6-8-18(23)12-17(16)14-30-5)25-11-10-15-7-9-19(27-2)21(29-4)20(15)28-3;/h6-9,12H,10-11,13-14H2,1-5H3,(H2,24,25,26);1H. The third kappa shape index (κ3) is 7.64. The molecule has 6 nitrogen and oxygen atoms in total. The number of guanidine groups is 1. The molecule has 0 fully saturated rings. The van der Waals surface area contributed by atoms with Crippen LogP contribution >= 0.6 is 35.7 Å². The molecule has 0 aliphatic heterocycles. The van der Waals surface area contributed by atoms with Gasteiger partial charge < -0.3 is 24.8 Å². The monoisotopic (exact) mass is 563 g/mol. The topological polar surface area (TPSA) is 64.1 Å². The van der Waals surface area contributed by atoms with Crippen molar-refractivity contribution in [1.82, 2.24) is 10.6 Å². The molecular weight excluding hydrogens is 532 g/mol. The molecule has 2 N–H and O–H groups in total. The first-order valence-corrected chi connectivity index (χ1v) is 11.0. The minimum atomic E-state index is -0.214. The zero-order valence-corrected chi connectivity index (χ0v) is 21.7. The molecule has 0 saturated heterocycles. The van der Waals surface area contributed by atoms with Crippen molar-refractivity contribution < 1.29 is 18.6 Å². The summed E-state index contributed by atoms with van der Waals surface area (Å²) in [6.07, 6.45) is 2.71. The lowest BCUT2D eigenvalue weighted by Crippen LogP contribution is -2.38. The minimum Gasteiger partial charge on any atom is -0.493 e. The Balaban J connectivity index is 0.00000480. The summed E-state index contributed by atoms with van der Waals surface area (Å²) in [5.74, 6) is 3.10. The summed E-state index contributed by atoms with van der Waals surface area (Å²) in [7, 11) is 6.53. The van der Waals surface area contributed by atoms with Gasteiger partial charge in [0.15, 0.2) is 17.5 Å². The van der Waals surface area contributed by atoms with Crippen LogP contribution < -0.4 is 24.8 Å². The molecule has 0 aliphatic carbocycles. The van der Waals surface area contributed by atoms with Crippen LogP contribution in [0.25, 0.3) is 0 Å². The van der Waals surface area contributed by atoms with Gasteiger partial charge in [0.2, 0.25) is 5.75 Å². The minimum absolute atomic E-state index is 0. The summed E-state index contributed by atoms with van der Waals surface area (Å²) in [4.78, 5) is 4.27. The molecule has 0 unspecified atom stereocenters. The normalized spacial score (nSPS) is 10.8. The number of hydrogen-bond acceptors (Lipinski definition) is 5. The van der Waals surface area contributed by atoms with Gasteiger partial charge in [0.05, 0.1) is 21.3 Å². The molecule has 31 heavy (non-hydrogen) atoms. The smallest absolute Gasteiger partial charge is 0.203 e. The highest BCUT2D eigenvalue weighted by Gasteiger charge is 2.15. The van der Waals surface area contributed by atoms with Crippen LogP contribution in [0.1, 0.15) is 16.7 Å². The Labute approximate surface area is 205 Å². The second kappa shape index (κ2) is 14.2. The Morgan fingerprint density at radius 1 is 0.968 bits per heavy atom. The van der Waals surface area contributed by atoms with Gasteiger partial charge in [-0.2, -0.15) is 11.8 Å². The molecule has 0 radical (unpaired) electrons. The fraction of sp³-hybridized carbons (Fsp3) is 0.409. The fourth-order valence-corrected chi connectivity index (χ4v) is 3.71. The van der Waals surface area contributed by atoms with Crippen molar-refractivity contribution in [1.29, 1.82) is 0 Å². The van der Waals surface area contributed by atoms with Crippen LogP contribution in [0.2, 0.25) is 0 Å². The van der Waals surface area contributed by atoms with Crippen LogP contribution in [0.3, 0.4) is 0 Å². The molecule has 0 spiro atoms. The largest absolute Gasteiger partial charge is 0.493 e. The number of nitrogens with one attached hydrogen (secondary N) is 2. The molecule has 2 aromatic rings. The molecule has 0 bridgehead atoms. The van der Waals surface area contributed by atoms with Crippen molar-refractivity contribution in [2.24, 2.45) is 4.99 Å². The lowest BCUT2D eigenvalue weighted by Gasteiger charge is -2.17. The Morgan fingerprint density at radius 2 is 1.68 bits per heavy atom. The molecule has 0 saturated carbocycles. The van der Waals surface area contributed by atoms with E-state index in [2.05, 4.69) is 15.6 Å². The number of aliphatic imine (C=N–C) groups is 1. The van der Waals surface area contributed by atoms with Crippen LogP contribution in [-0.4, -0.2) is 47.1 Å². The summed E-state index contributed by atoms with van der Waals surface area (Å²) < 4.78 is 29.8. The molecule has 2 rings (SSSR count). The number of benzene rings is 2. The van der Waals surface area contributed by atoms with Gasteiger partial charge in [-0.3, -0.25) is 4.99 Å². The van der Waals surface area contributed by atoms with Crippen LogP contribution in [0.4, 0.5) is 4.39 Å². The Morgan fingerprint density at radius 3 is 2.29 bits per heavy atom. The summed E-state index contributed by atoms with van der Waals surface area (Å²) in [6, 6.07) is 8.72. The summed E-state index contributed by atoms with van der Waals surface area (Å²) in [5.41, 5.74) is 3.04. The van der Waals surface area contributed by atoms with E-state index in [0.29, 0.717) is 42.7 Å². The van der Waals surface area contributed by atoms with E-state index in [1.807, 2.05) is 24.5 Å². The van der Waals surface area contributed by atoms with Gasteiger partial charge in [0.1, 0.15) is 5.82 Å². The average molecular weight is 563 g/mol. The van der Waals surface area contributed by atoms with E-state index < -0.39 is 0 Å². The lowest BCUT2D eigenvalue weighted by atomic mass is 10.1. The van der Waals surface area contributed by atoms with Gasteiger partial charge in [-0.15, -0.1) is 24.0 Å². The van der Waals surface area contributed by atoms with Crippen molar-refractivity contribution in [3.8, 4) is 17.2 Å². The van der Waals surface area contributed by atoms with E-state index in [0.717, 1.165) is 22.4 Å². The maximum absolute atomic E-state index is 13.5. The lowest BCUT2D eigenvalue weighted by molar-refractivity contribution is 0.322. The Bertz CT molecular complexity index is 868. The number of hydrogen-bond donors (Lipinski definition) is 2. The van der Waals surface area contributed by atoms with E-state index in [4.69, 9.17) is 14.2 Å². The predicted molar refractivity (Wildman–Crippen MR) is 137 cm³/mol. The number of thioether (sulfide) groups is 1. The van der Waals surface area contributed by atoms with Crippen LogP contribution in [0.5, 0.6) is 17.2 Å². The predicted octanol–water partition coefficient (Wildman–Crippen LogP) is 4.24. The summed E-state index contributed by atoms with van der Waals surface area (Å²) >= 11 is 1.67. The molecule has 0 aliphatic rings. The van der Waals surface area contributed by atoms with E-state index in [1.54, 1.807) is 46.2 Å². The van der Waals surface area contributed by atoms with E-state index in [1.165, 1.54) is 6.07 Å². The van der Waals surface area contributed by atoms with Crippen molar-refractivity contribution in [3.63, 3.8) is 0 Å². The number of halogens is 2. The SMILES string of the molecule is CN=C(NCCc1ccc(OC)c(OC)c1OC)NCc1ccc(F)cc1CSC.I. The van der Waals surface area contributed by atoms with Gasteiger partial charge in [-0.1, -0.05) is 12.1 Å². The highest BCUT2D eigenvalue weighted by atomic mass is 127. The molecule has 0 aromatic heterocycles. The zero-order valence-electron chi connectivity index (χ0n) is 18.6. The zero-order chi connectivity index (χ0) is 21.9. The third-order valence-electron chi connectivity index (χ3n) is 4.61. The average Bonchev–Trinajstić information content (AvgIpc) is 2.76. The van der Waals surface area contributed by atoms with Gasteiger partial charge in [0.25, 0.3) is 0 Å². The number of ether oxygens (including phenoxy) is 3. The fourth-order valence-electron chi connectivity index (χ4n) is 3.13. The molecule has 172 valence electrons. The maximum Gasteiger partial charge on any atom is 0.203 e. The molecule has 2 aromatic carbocycles. The van der Waals surface area contributed by atoms with Crippen LogP contribution in [0, 0.1) is 5.82 Å². The number of methoxy groups -OCH3 is 3. The van der Waals surface area contributed by atoms with Crippen molar-refractivity contribution in [2.75, 3.05) is 41.2 Å². The first-order valence-electron chi connectivity index (χ1n) is 9.56. The molecule has 0 heterocycles. The van der Waals surface area contributed by atoms with Gasteiger partial charge in [-0.25, -0.2) is 4.39 Å². The van der Waals surface area contributed by atoms with Crippen molar-refractivity contribution in [2.45, 2.75) is 18.7 Å². The molecular formula is C22H31FIN3O3S. The van der Waals surface area contributed by atoms with E-state index in [-0.39, 0.29) is 29.8 Å². The maximum atomic E-state index is 13.5. The highest BCUT2D eigenvalue weighted by Crippen LogP contribution is 2.39.